The van der Waals surface area contributed by atoms with Gasteiger partial charge in [-0.3, -0.25) is 19.6 Å². The molecule has 4 heterocycles. The zero-order valence-electron chi connectivity index (χ0n) is 53.1. The number of nitrogen functional groups attached to an aromatic ring is 2. The number of benzene rings is 4. The van der Waals surface area contributed by atoms with Crippen LogP contribution in [0.5, 0.6) is 12.0 Å². The van der Waals surface area contributed by atoms with Crippen LogP contribution in [0.1, 0.15) is 103 Å². The highest BCUT2D eigenvalue weighted by Gasteiger charge is 2.37. The number of aliphatic imine (C=N–C) groups is 2. The van der Waals surface area contributed by atoms with Crippen molar-refractivity contribution in [2.24, 2.45) is 15.7 Å². The predicted molar refractivity (Wildman–Crippen MR) is 348 cm³/mol. The van der Waals surface area contributed by atoms with Gasteiger partial charge >= 0.3 is 30.1 Å². The molecule has 0 radical (unpaired) electrons. The maximum atomic E-state index is 12.5. The van der Waals surface area contributed by atoms with Gasteiger partial charge in [0.2, 0.25) is 0 Å². The first-order valence-corrected chi connectivity index (χ1v) is 28.9. The van der Waals surface area contributed by atoms with E-state index in [0.29, 0.717) is 55.8 Å². The maximum Gasteiger partial charge on any atom is 0.407 e. The van der Waals surface area contributed by atoms with E-state index in [2.05, 4.69) is 39.9 Å². The fraction of sp³-hybridized carbons (Fsp3) is 0.358. The molecule has 0 aliphatic carbocycles. The minimum absolute atomic E-state index is 0.0751. The number of ether oxygens (including phenoxy) is 5. The number of fused-ring (bicyclic) bond motifs is 2. The van der Waals surface area contributed by atoms with Gasteiger partial charge in [0.05, 0.1) is 37.7 Å². The van der Waals surface area contributed by atoms with Gasteiger partial charge in [-0.2, -0.15) is 9.97 Å². The number of nitrogens with two attached hydrogens (primary N) is 3. The smallest absolute Gasteiger partial charge is 0.407 e. The van der Waals surface area contributed by atoms with Crippen molar-refractivity contribution in [1.82, 2.24) is 25.3 Å². The average molecular weight is 1230 g/mol. The second-order valence-electron chi connectivity index (χ2n) is 23.9. The van der Waals surface area contributed by atoms with Crippen LogP contribution >= 0.6 is 0 Å². The summed E-state index contributed by atoms with van der Waals surface area (Å²) < 4.78 is 27.1. The lowest BCUT2D eigenvalue weighted by molar-refractivity contribution is -0.150. The fourth-order valence-electron chi connectivity index (χ4n) is 8.73. The molecule has 0 fully saturated rings. The molecule has 472 valence electrons. The number of aromatic nitrogens is 4. The summed E-state index contributed by atoms with van der Waals surface area (Å²) in [6, 6.07) is 31.0. The topological polar surface area (TPSA) is 299 Å². The summed E-state index contributed by atoms with van der Waals surface area (Å²) in [5.41, 5.74) is 24.8. The van der Waals surface area contributed by atoms with Crippen LogP contribution in [0.25, 0.3) is 9.69 Å². The molecule has 23 nitrogen and oxygen atoms in total. The summed E-state index contributed by atoms with van der Waals surface area (Å²) in [5.74, 6) is -0.582. The molecule has 2 aliphatic rings. The number of anilines is 4. The number of esters is 2. The fourth-order valence-corrected chi connectivity index (χ4v) is 8.73. The van der Waals surface area contributed by atoms with Crippen LogP contribution in [0.3, 0.4) is 0 Å². The lowest BCUT2D eigenvalue weighted by Crippen LogP contribution is -2.29. The quantitative estimate of drug-likeness (QED) is 0.0205. The molecule has 0 spiro atoms. The highest BCUT2D eigenvalue weighted by molar-refractivity contribution is 6.13. The van der Waals surface area contributed by atoms with Crippen molar-refractivity contribution < 1.29 is 43.2 Å². The first-order valence-electron chi connectivity index (χ1n) is 28.9. The van der Waals surface area contributed by atoms with Crippen molar-refractivity contribution in [3.63, 3.8) is 0 Å². The number of aliphatic hydroxyl groups is 1. The van der Waals surface area contributed by atoms with Gasteiger partial charge in [0.1, 0.15) is 42.7 Å². The van der Waals surface area contributed by atoms with Crippen molar-refractivity contribution in [1.29, 1.82) is 0 Å². The molecule has 2 aliphatic heterocycles. The zero-order valence-corrected chi connectivity index (χ0v) is 53.1. The highest BCUT2D eigenvalue weighted by atomic mass is 16.6. The standard InChI is InChI=1S/C34H39N7O5.C21H27N3O3.C12H14N4O/c1-33(2,3)46-30(42)27(36-6)19-28-34(4,5)25-18-24(12-13-26(25)39-28)41(7)16-17-44-32(43)38-20-22-8-10-23(11-9-22)21-45-31-37-15-14-29(35)40-31;1-20(2,3)27-19(26)17(22-6)13-18-21(4,5)15-12-14(24(7)10-11-25)8-9-16(15)23-18;13-7-9-1-3-10(4-2-9)8-17-12-15-6-5-11(14)16-12/h8-15,18-19H,16-17,20-21H2,1-5,7H3,(H,38,43)(H2,35,37,40);8-9,12-13,25H,10-11H2,1-5,7H3;1-6H,7-8,13H2,(H2,14,15,16)/b27-19-;17-13-;. The number of amides is 1. The number of nitrogens with zero attached hydrogens (tertiary/aromatic N) is 10. The summed E-state index contributed by atoms with van der Waals surface area (Å²) in [4.78, 5) is 73.1. The molecule has 23 heteroatoms. The Hall–Kier alpha value is -10.2. The summed E-state index contributed by atoms with van der Waals surface area (Å²) in [6.07, 6.45) is 5.62. The van der Waals surface area contributed by atoms with Crippen molar-refractivity contribution >= 4 is 63.8 Å². The number of allylic oxidation sites excluding steroid dienone is 2. The average Bonchev–Trinajstić information content (AvgIpc) is 1.68. The molecule has 1 amide bonds. The zero-order chi connectivity index (χ0) is 66.0. The van der Waals surface area contributed by atoms with E-state index in [4.69, 9.17) is 64.1 Å². The number of hydrogen-bond acceptors (Lipinski definition) is 20. The number of rotatable bonds is 20. The van der Waals surface area contributed by atoms with Crippen molar-refractivity contribution in [2.45, 2.75) is 118 Å². The Morgan fingerprint density at radius 3 is 1.42 bits per heavy atom. The Balaban J connectivity index is 0.000000245. The summed E-state index contributed by atoms with van der Waals surface area (Å²) in [5, 5.41) is 11.9. The molecule has 6 aromatic rings. The van der Waals surface area contributed by atoms with Crippen LogP contribution in [0, 0.1) is 13.1 Å². The Bertz CT molecular complexity index is 3720. The number of hydrogen-bond donors (Lipinski definition) is 5. The second-order valence-corrected chi connectivity index (χ2v) is 23.9. The number of nitrogens with one attached hydrogen (secondary N) is 1. The first-order chi connectivity index (χ1) is 42.5. The van der Waals surface area contributed by atoms with Gasteiger partial charge in [0.25, 0.3) is 11.4 Å². The lowest BCUT2D eigenvalue weighted by Gasteiger charge is -2.24. The van der Waals surface area contributed by atoms with Crippen molar-refractivity contribution in [2.75, 3.05) is 61.7 Å². The molecule has 8 N–H and O–H groups in total. The number of carbonyl (C=O) groups is 3. The highest BCUT2D eigenvalue weighted by Crippen LogP contribution is 2.44. The van der Waals surface area contributed by atoms with Gasteiger partial charge < -0.3 is 61.1 Å². The van der Waals surface area contributed by atoms with Gasteiger partial charge in [-0.05, 0) is 136 Å². The Morgan fingerprint density at radius 2 is 1.03 bits per heavy atom. The summed E-state index contributed by atoms with van der Waals surface area (Å²) >= 11 is 0. The predicted octanol–water partition coefficient (Wildman–Crippen LogP) is 10.2. The number of carbonyl (C=O) groups excluding carboxylic acids is 3. The van der Waals surface area contributed by atoms with E-state index >= 15 is 0 Å². The summed E-state index contributed by atoms with van der Waals surface area (Å²) in [6.45, 7) is 36.3. The molecule has 0 bridgehead atoms. The normalized spacial score (nSPS) is 13.6. The lowest BCUT2D eigenvalue weighted by atomic mass is 9.81. The molecule has 0 saturated carbocycles. The van der Waals surface area contributed by atoms with Crippen LogP contribution in [-0.4, -0.2) is 106 Å². The van der Waals surface area contributed by atoms with Crippen LogP contribution < -0.4 is 41.8 Å². The Kier molecular flexibility index (Phi) is 23.4. The molecule has 8 rings (SSSR count). The van der Waals surface area contributed by atoms with Crippen molar-refractivity contribution in [3.8, 4) is 12.0 Å². The Morgan fingerprint density at radius 1 is 0.622 bits per heavy atom. The van der Waals surface area contributed by atoms with E-state index < -0.39 is 40.1 Å². The van der Waals surface area contributed by atoms with Crippen LogP contribution in [0.15, 0.2) is 143 Å². The van der Waals surface area contributed by atoms with Crippen molar-refractivity contribution in [3.05, 3.63) is 189 Å². The molecule has 4 aromatic carbocycles. The molecule has 90 heavy (non-hydrogen) atoms. The van der Waals surface area contributed by atoms with E-state index in [-0.39, 0.29) is 43.2 Å². The van der Waals surface area contributed by atoms with E-state index in [0.717, 1.165) is 56.1 Å². The third-order valence-corrected chi connectivity index (χ3v) is 13.8. The van der Waals surface area contributed by atoms with Crippen LogP contribution in [-0.2, 0) is 60.9 Å². The molecule has 0 unspecified atom stereocenters. The van der Waals surface area contributed by atoms with Gasteiger partial charge in [-0.15, -0.1) is 0 Å². The van der Waals surface area contributed by atoms with Crippen LogP contribution in [0.4, 0.5) is 39.2 Å². The maximum absolute atomic E-state index is 12.5. The molecular formula is C67H80N14O9. The van der Waals surface area contributed by atoms with E-state index in [1.54, 1.807) is 59.9 Å². The minimum atomic E-state index is -0.709. The van der Waals surface area contributed by atoms with Gasteiger partial charge in [-0.25, -0.2) is 24.5 Å². The summed E-state index contributed by atoms with van der Waals surface area (Å²) in [7, 11) is 3.83. The number of aliphatic hydroxyl groups excluding tert-OH is 1. The Labute approximate surface area is 526 Å². The number of alkyl carbamates (subject to hydrolysis) is 1. The number of likely N-dealkylation sites (N-methyl/N-ethyl adjacent to an activating group) is 2. The minimum Gasteiger partial charge on any atom is -0.465 e. The third-order valence-electron chi connectivity index (χ3n) is 13.8. The van der Waals surface area contributed by atoms with Crippen LogP contribution in [0.2, 0.25) is 0 Å². The van der Waals surface area contributed by atoms with Gasteiger partial charge in [0, 0.05) is 79.8 Å². The molecular weight excluding hydrogens is 1140 g/mol. The molecule has 2 aromatic heterocycles. The van der Waals surface area contributed by atoms with E-state index in [9.17, 15) is 14.4 Å². The van der Waals surface area contributed by atoms with Gasteiger partial charge in [0.15, 0.2) is 0 Å². The second kappa shape index (κ2) is 30.6. The van der Waals surface area contributed by atoms with E-state index in [1.807, 2.05) is 137 Å². The first kappa shape index (κ1) is 68.9. The molecule has 0 saturated heterocycles. The van der Waals surface area contributed by atoms with E-state index in [1.165, 1.54) is 18.3 Å². The van der Waals surface area contributed by atoms with Gasteiger partial charge in [-0.1, -0.05) is 76.2 Å². The SMILES string of the molecule is NCc1ccc(COc2nccc(N)n2)cc1.[C-]#[N+]/C(=C\C1=Nc2ccc(N(C)CCO)cc2C1(C)C)C(=O)OC(C)(C)C.[C-]#[N+]/C(=C\C1=Nc2ccc(N(C)CCOC(=O)NCc3ccc(COc4nccc(N)n4)cc3)cc2C1(C)C)C(=O)OC(C)(C)C. The monoisotopic (exact) mass is 1220 g/mol. The third kappa shape index (κ3) is 19.9. The largest absolute Gasteiger partial charge is 0.465 e. The molecule has 0 atom stereocenters.